The quantitative estimate of drug-likeness (QED) is 0.897. The molecule has 0 fully saturated rings. The first kappa shape index (κ1) is 13.5. The average Bonchev–Trinajstić information content (AvgIpc) is 2.45. The van der Waals surface area contributed by atoms with Crippen LogP contribution in [0.2, 0.25) is 0 Å². The number of aromatic nitrogens is 1. The van der Waals surface area contributed by atoms with Gasteiger partial charge < -0.3 is 10.6 Å². The summed E-state index contributed by atoms with van der Waals surface area (Å²) in [5, 5.41) is 0. The summed E-state index contributed by atoms with van der Waals surface area (Å²) >= 11 is 0. The van der Waals surface area contributed by atoms with Crippen molar-refractivity contribution in [2.75, 3.05) is 11.4 Å². The molecule has 0 atom stereocenters. The van der Waals surface area contributed by atoms with Crippen molar-refractivity contribution in [1.82, 2.24) is 4.98 Å². The van der Waals surface area contributed by atoms with Gasteiger partial charge in [0.15, 0.2) is 0 Å². The van der Waals surface area contributed by atoms with E-state index in [0.717, 1.165) is 23.6 Å². The highest BCUT2D eigenvalue weighted by molar-refractivity contribution is 5.46. The molecular formula is C15H18FN3. The van der Waals surface area contributed by atoms with E-state index in [1.165, 1.54) is 12.1 Å². The third kappa shape index (κ3) is 3.51. The van der Waals surface area contributed by atoms with Crippen LogP contribution in [0, 0.1) is 5.82 Å². The predicted octanol–water partition coefficient (Wildman–Crippen LogP) is 2.71. The number of hydrogen-bond acceptors (Lipinski definition) is 3. The number of rotatable bonds is 5. The van der Waals surface area contributed by atoms with Crippen LogP contribution in [0.1, 0.15) is 18.3 Å². The van der Waals surface area contributed by atoms with Crippen LogP contribution in [0.25, 0.3) is 0 Å². The first-order valence-electron chi connectivity index (χ1n) is 6.38. The number of benzene rings is 1. The van der Waals surface area contributed by atoms with Crippen molar-refractivity contribution >= 4 is 5.69 Å². The van der Waals surface area contributed by atoms with E-state index in [4.69, 9.17) is 5.73 Å². The normalized spacial score (nSPS) is 10.5. The molecule has 2 N–H and O–H groups in total. The predicted molar refractivity (Wildman–Crippen MR) is 75.3 cm³/mol. The van der Waals surface area contributed by atoms with Gasteiger partial charge in [0, 0.05) is 18.8 Å². The number of hydrogen-bond donors (Lipinski definition) is 1. The lowest BCUT2D eigenvalue weighted by molar-refractivity contribution is 0.626. The lowest BCUT2D eigenvalue weighted by atomic mass is 10.2. The monoisotopic (exact) mass is 259 g/mol. The molecule has 0 bridgehead atoms. The van der Waals surface area contributed by atoms with Gasteiger partial charge in [0.05, 0.1) is 17.9 Å². The van der Waals surface area contributed by atoms with Crippen LogP contribution in [0.15, 0.2) is 42.5 Å². The van der Waals surface area contributed by atoms with Crippen LogP contribution in [-0.2, 0) is 13.1 Å². The van der Waals surface area contributed by atoms with Crippen molar-refractivity contribution in [3.05, 3.63) is 59.7 Å². The van der Waals surface area contributed by atoms with Gasteiger partial charge >= 0.3 is 0 Å². The van der Waals surface area contributed by atoms with Gasteiger partial charge in [-0.2, -0.15) is 0 Å². The summed E-state index contributed by atoms with van der Waals surface area (Å²) in [7, 11) is 0. The fourth-order valence-electron chi connectivity index (χ4n) is 1.99. The van der Waals surface area contributed by atoms with Crippen molar-refractivity contribution in [3.63, 3.8) is 0 Å². The van der Waals surface area contributed by atoms with Gasteiger partial charge in [0.25, 0.3) is 0 Å². The fraction of sp³-hybridized carbons (Fsp3) is 0.267. The molecule has 0 aliphatic rings. The van der Waals surface area contributed by atoms with E-state index in [9.17, 15) is 4.39 Å². The zero-order valence-corrected chi connectivity index (χ0v) is 11.0. The van der Waals surface area contributed by atoms with E-state index < -0.39 is 0 Å². The van der Waals surface area contributed by atoms with Crippen LogP contribution in [0.3, 0.4) is 0 Å². The van der Waals surface area contributed by atoms with Crippen molar-refractivity contribution in [3.8, 4) is 0 Å². The molecule has 1 aromatic heterocycles. The Morgan fingerprint density at radius 1 is 1.16 bits per heavy atom. The molecule has 1 aromatic carbocycles. The Bertz CT molecular complexity index is 542. The van der Waals surface area contributed by atoms with E-state index in [1.54, 1.807) is 6.07 Å². The van der Waals surface area contributed by atoms with Gasteiger partial charge in [-0.1, -0.05) is 12.1 Å². The fourth-order valence-corrected chi connectivity index (χ4v) is 1.99. The van der Waals surface area contributed by atoms with E-state index in [0.29, 0.717) is 13.1 Å². The Morgan fingerprint density at radius 3 is 2.58 bits per heavy atom. The van der Waals surface area contributed by atoms with Crippen molar-refractivity contribution < 1.29 is 4.39 Å². The van der Waals surface area contributed by atoms with Gasteiger partial charge in [-0.15, -0.1) is 0 Å². The van der Waals surface area contributed by atoms with Gasteiger partial charge in [-0.05, 0) is 37.3 Å². The molecule has 0 saturated heterocycles. The van der Waals surface area contributed by atoms with Crippen molar-refractivity contribution in [2.45, 2.75) is 20.0 Å². The summed E-state index contributed by atoms with van der Waals surface area (Å²) in [6.07, 6.45) is 0. The maximum atomic E-state index is 13.3. The first-order chi connectivity index (χ1) is 9.22. The van der Waals surface area contributed by atoms with Crippen LogP contribution < -0.4 is 10.6 Å². The Hall–Kier alpha value is -1.94. The standard InChI is InChI=1S/C15H18FN3/c1-2-19(15-8-3-5-12(16)9-15)11-14-7-4-6-13(10-17)18-14/h3-9H,2,10-11,17H2,1H3. The molecule has 0 amide bonds. The highest BCUT2D eigenvalue weighted by Crippen LogP contribution is 2.17. The van der Waals surface area contributed by atoms with Crippen molar-refractivity contribution in [2.24, 2.45) is 5.73 Å². The summed E-state index contributed by atoms with van der Waals surface area (Å²) in [5.74, 6) is -0.223. The molecule has 2 rings (SSSR count). The maximum absolute atomic E-state index is 13.3. The SMILES string of the molecule is CCN(Cc1cccc(CN)n1)c1cccc(F)c1. The molecule has 0 aliphatic carbocycles. The Kier molecular flexibility index (Phi) is 4.47. The molecule has 0 saturated carbocycles. The average molecular weight is 259 g/mol. The molecule has 4 heteroatoms. The molecular weight excluding hydrogens is 241 g/mol. The third-order valence-corrected chi connectivity index (χ3v) is 2.98. The van der Waals surface area contributed by atoms with Crippen LogP contribution in [-0.4, -0.2) is 11.5 Å². The molecule has 19 heavy (non-hydrogen) atoms. The number of halogens is 1. The van der Waals surface area contributed by atoms with Gasteiger partial charge in [-0.25, -0.2) is 4.39 Å². The van der Waals surface area contributed by atoms with Gasteiger partial charge in [0.1, 0.15) is 5.82 Å². The highest BCUT2D eigenvalue weighted by atomic mass is 19.1. The molecule has 100 valence electrons. The third-order valence-electron chi connectivity index (χ3n) is 2.98. The topological polar surface area (TPSA) is 42.1 Å². The molecule has 3 nitrogen and oxygen atoms in total. The summed E-state index contributed by atoms with van der Waals surface area (Å²) in [6.45, 7) is 3.91. The second kappa shape index (κ2) is 6.29. The van der Waals surface area contributed by atoms with E-state index in [1.807, 2.05) is 31.2 Å². The maximum Gasteiger partial charge on any atom is 0.125 e. The molecule has 0 spiro atoms. The largest absolute Gasteiger partial charge is 0.366 e. The van der Waals surface area contributed by atoms with E-state index in [2.05, 4.69) is 9.88 Å². The van der Waals surface area contributed by atoms with E-state index >= 15 is 0 Å². The number of pyridine rings is 1. The number of nitrogens with zero attached hydrogens (tertiary/aromatic N) is 2. The minimum absolute atomic E-state index is 0.223. The summed E-state index contributed by atoms with van der Waals surface area (Å²) < 4.78 is 13.3. The summed E-state index contributed by atoms with van der Waals surface area (Å²) in [6, 6.07) is 12.4. The Balaban J connectivity index is 2.18. The zero-order valence-electron chi connectivity index (χ0n) is 11.0. The number of nitrogens with two attached hydrogens (primary N) is 1. The Morgan fingerprint density at radius 2 is 1.89 bits per heavy atom. The molecule has 2 aromatic rings. The molecule has 0 unspecified atom stereocenters. The number of anilines is 1. The molecule has 0 aliphatic heterocycles. The lowest BCUT2D eigenvalue weighted by Crippen LogP contribution is -2.23. The minimum atomic E-state index is -0.223. The highest BCUT2D eigenvalue weighted by Gasteiger charge is 2.07. The minimum Gasteiger partial charge on any atom is -0.366 e. The summed E-state index contributed by atoms with van der Waals surface area (Å²) in [5.41, 5.74) is 8.26. The Labute approximate surface area is 112 Å². The lowest BCUT2D eigenvalue weighted by Gasteiger charge is -2.23. The smallest absolute Gasteiger partial charge is 0.125 e. The zero-order chi connectivity index (χ0) is 13.7. The van der Waals surface area contributed by atoms with Gasteiger partial charge in [0.2, 0.25) is 0 Å². The summed E-state index contributed by atoms with van der Waals surface area (Å²) in [4.78, 5) is 6.54. The van der Waals surface area contributed by atoms with Crippen LogP contribution >= 0.6 is 0 Å². The molecule has 1 heterocycles. The second-order valence-electron chi connectivity index (χ2n) is 4.32. The van der Waals surface area contributed by atoms with Crippen LogP contribution in [0.5, 0.6) is 0 Å². The van der Waals surface area contributed by atoms with Crippen LogP contribution in [0.4, 0.5) is 10.1 Å². The first-order valence-corrected chi connectivity index (χ1v) is 6.38. The van der Waals surface area contributed by atoms with E-state index in [-0.39, 0.29) is 5.82 Å². The molecule has 0 radical (unpaired) electrons. The second-order valence-corrected chi connectivity index (χ2v) is 4.32. The van der Waals surface area contributed by atoms with Crippen molar-refractivity contribution in [1.29, 1.82) is 0 Å². The van der Waals surface area contributed by atoms with Gasteiger partial charge in [-0.3, -0.25) is 4.98 Å².